The van der Waals surface area contributed by atoms with Crippen LogP contribution in [0.25, 0.3) is 10.8 Å². The Bertz CT molecular complexity index is 1060. The molecule has 0 aliphatic heterocycles. The number of hydrogen-bond acceptors (Lipinski definition) is 2. The highest BCUT2D eigenvalue weighted by Crippen LogP contribution is 2.45. The van der Waals surface area contributed by atoms with Gasteiger partial charge in [0.2, 0.25) is 5.91 Å². The summed E-state index contributed by atoms with van der Waals surface area (Å²) >= 11 is 12.6. The number of fused-ring (bicyclic) bond motifs is 1. The molecule has 29 heavy (non-hydrogen) atoms. The van der Waals surface area contributed by atoms with E-state index in [2.05, 4.69) is 5.32 Å². The van der Waals surface area contributed by atoms with Crippen molar-refractivity contribution in [2.75, 3.05) is 11.9 Å². The van der Waals surface area contributed by atoms with Gasteiger partial charge in [-0.05, 0) is 49.6 Å². The normalized spacial score (nSPS) is 15.4. The topological polar surface area (TPSA) is 38.3 Å². The fourth-order valence-corrected chi connectivity index (χ4v) is 4.97. The maximum atomic E-state index is 13.6. The molecule has 3 aromatic carbocycles. The highest BCUT2D eigenvalue weighted by Gasteiger charge is 2.44. The van der Waals surface area contributed by atoms with Crippen LogP contribution < -0.4 is 10.1 Å². The van der Waals surface area contributed by atoms with Crippen LogP contribution in [0.2, 0.25) is 10.0 Å². The molecule has 1 amide bonds. The number of halogens is 2. The van der Waals surface area contributed by atoms with Gasteiger partial charge in [0.05, 0.1) is 12.0 Å². The molecule has 1 fully saturated rings. The number of rotatable bonds is 5. The van der Waals surface area contributed by atoms with Gasteiger partial charge < -0.3 is 10.1 Å². The summed E-state index contributed by atoms with van der Waals surface area (Å²) in [6, 6.07) is 17.2. The highest BCUT2D eigenvalue weighted by molar-refractivity contribution is 6.35. The monoisotopic (exact) mass is 427 g/mol. The SMILES string of the molecule is CCOc1ccc(NC(=O)C2(c3ccc(Cl)cc3Cl)CCCC2)c2ccccc12. The third kappa shape index (κ3) is 3.70. The van der Waals surface area contributed by atoms with E-state index < -0.39 is 5.41 Å². The van der Waals surface area contributed by atoms with Crippen molar-refractivity contribution in [1.29, 1.82) is 0 Å². The molecule has 150 valence electrons. The molecule has 1 aliphatic rings. The van der Waals surface area contributed by atoms with Crippen molar-refractivity contribution in [2.24, 2.45) is 0 Å². The first-order chi connectivity index (χ1) is 14.0. The van der Waals surface area contributed by atoms with E-state index in [0.29, 0.717) is 16.7 Å². The van der Waals surface area contributed by atoms with Gasteiger partial charge in [0.1, 0.15) is 5.75 Å². The fraction of sp³-hybridized carbons (Fsp3) is 0.292. The van der Waals surface area contributed by atoms with Crippen molar-refractivity contribution in [2.45, 2.75) is 38.0 Å². The summed E-state index contributed by atoms with van der Waals surface area (Å²) in [6.45, 7) is 2.55. The van der Waals surface area contributed by atoms with Crippen molar-refractivity contribution in [1.82, 2.24) is 0 Å². The standard InChI is InChI=1S/C24H23Cl2NO2/c1-2-29-22-12-11-21(17-7-3-4-8-18(17)22)27-23(28)24(13-5-6-14-24)19-10-9-16(25)15-20(19)26/h3-4,7-12,15H,2,5-6,13-14H2,1H3,(H,27,28). The number of nitrogens with one attached hydrogen (secondary N) is 1. The lowest BCUT2D eigenvalue weighted by atomic mass is 9.77. The maximum absolute atomic E-state index is 13.6. The fourth-order valence-electron chi connectivity index (χ4n) is 4.38. The molecule has 1 aliphatic carbocycles. The molecule has 4 rings (SSSR count). The van der Waals surface area contributed by atoms with E-state index >= 15 is 0 Å². The van der Waals surface area contributed by atoms with Gasteiger partial charge in [-0.1, -0.05) is 66.4 Å². The van der Waals surface area contributed by atoms with Gasteiger partial charge in [-0.15, -0.1) is 0 Å². The molecule has 1 N–H and O–H groups in total. The number of carbonyl (C=O) groups is 1. The van der Waals surface area contributed by atoms with E-state index in [9.17, 15) is 4.79 Å². The average molecular weight is 428 g/mol. The van der Waals surface area contributed by atoms with E-state index in [1.165, 1.54) is 0 Å². The minimum absolute atomic E-state index is 0.0199. The maximum Gasteiger partial charge on any atom is 0.235 e. The number of hydrogen-bond donors (Lipinski definition) is 1. The van der Waals surface area contributed by atoms with Crippen molar-refractivity contribution in [3.8, 4) is 5.75 Å². The molecule has 3 nitrogen and oxygen atoms in total. The molecule has 0 bridgehead atoms. The summed E-state index contributed by atoms with van der Waals surface area (Å²) in [5.74, 6) is 0.797. The zero-order valence-electron chi connectivity index (χ0n) is 16.3. The first kappa shape index (κ1) is 20.1. The molecule has 0 atom stereocenters. The van der Waals surface area contributed by atoms with Gasteiger partial charge >= 0.3 is 0 Å². The Morgan fingerprint density at radius 1 is 1.03 bits per heavy atom. The third-order valence-electron chi connectivity index (χ3n) is 5.77. The average Bonchev–Trinajstić information content (AvgIpc) is 3.21. The van der Waals surface area contributed by atoms with Crippen LogP contribution in [-0.2, 0) is 10.2 Å². The van der Waals surface area contributed by atoms with Crippen LogP contribution in [0.15, 0.2) is 54.6 Å². The van der Waals surface area contributed by atoms with Crippen LogP contribution in [0.1, 0.15) is 38.2 Å². The molecule has 5 heteroatoms. The molecule has 3 aromatic rings. The van der Waals surface area contributed by atoms with Crippen molar-refractivity contribution in [3.05, 3.63) is 70.2 Å². The molecule has 0 saturated heterocycles. The lowest BCUT2D eigenvalue weighted by molar-refractivity contribution is -0.121. The van der Waals surface area contributed by atoms with Crippen molar-refractivity contribution >= 4 is 45.6 Å². The smallest absolute Gasteiger partial charge is 0.235 e. The second-order valence-electron chi connectivity index (χ2n) is 7.46. The lowest BCUT2D eigenvalue weighted by Crippen LogP contribution is -2.38. The molecule has 0 heterocycles. The van der Waals surface area contributed by atoms with Gasteiger partial charge in [-0.25, -0.2) is 0 Å². The van der Waals surface area contributed by atoms with E-state index in [4.69, 9.17) is 27.9 Å². The number of carbonyl (C=O) groups excluding carboxylic acids is 1. The summed E-state index contributed by atoms with van der Waals surface area (Å²) in [5, 5.41) is 6.26. The Morgan fingerprint density at radius 2 is 1.76 bits per heavy atom. The zero-order valence-corrected chi connectivity index (χ0v) is 17.8. The Labute approximate surface area is 181 Å². The Hall–Kier alpha value is -2.23. The zero-order chi connectivity index (χ0) is 20.4. The van der Waals surface area contributed by atoms with Crippen LogP contribution in [-0.4, -0.2) is 12.5 Å². The predicted octanol–water partition coefficient (Wildman–Crippen LogP) is 7.00. The van der Waals surface area contributed by atoms with E-state index in [1.54, 1.807) is 6.07 Å². The summed E-state index contributed by atoms with van der Waals surface area (Å²) < 4.78 is 5.75. The third-order valence-corrected chi connectivity index (χ3v) is 6.32. The van der Waals surface area contributed by atoms with Crippen LogP contribution >= 0.6 is 23.2 Å². The molecular weight excluding hydrogens is 405 g/mol. The highest BCUT2D eigenvalue weighted by atomic mass is 35.5. The number of anilines is 1. The van der Waals surface area contributed by atoms with E-state index in [-0.39, 0.29) is 5.91 Å². The van der Waals surface area contributed by atoms with Gasteiger partial charge in [0.15, 0.2) is 0 Å². The minimum atomic E-state index is -0.638. The minimum Gasteiger partial charge on any atom is -0.493 e. The molecule has 0 unspecified atom stereocenters. The molecule has 0 radical (unpaired) electrons. The number of ether oxygens (including phenoxy) is 1. The van der Waals surface area contributed by atoms with Crippen molar-refractivity contribution < 1.29 is 9.53 Å². The van der Waals surface area contributed by atoms with E-state index in [1.807, 2.05) is 55.5 Å². The summed E-state index contributed by atoms with van der Waals surface area (Å²) in [4.78, 5) is 13.6. The van der Waals surface area contributed by atoms with Crippen LogP contribution in [0.5, 0.6) is 5.75 Å². The Morgan fingerprint density at radius 3 is 2.45 bits per heavy atom. The second-order valence-corrected chi connectivity index (χ2v) is 8.30. The van der Waals surface area contributed by atoms with Crippen LogP contribution in [0.4, 0.5) is 5.69 Å². The molecule has 0 spiro atoms. The van der Waals surface area contributed by atoms with Gasteiger partial charge in [0, 0.05) is 26.5 Å². The van der Waals surface area contributed by atoms with Gasteiger partial charge in [0.25, 0.3) is 0 Å². The summed E-state index contributed by atoms with van der Waals surface area (Å²) in [7, 11) is 0. The lowest BCUT2D eigenvalue weighted by Gasteiger charge is -2.29. The van der Waals surface area contributed by atoms with Gasteiger partial charge in [-0.3, -0.25) is 4.79 Å². The summed E-state index contributed by atoms with van der Waals surface area (Å²) in [6.07, 6.45) is 3.54. The number of benzene rings is 3. The van der Waals surface area contributed by atoms with Crippen molar-refractivity contribution in [3.63, 3.8) is 0 Å². The first-order valence-corrected chi connectivity index (χ1v) is 10.7. The molecule has 1 saturated carbocycles. The predicted molar refractivity (Wildman–Crippen MR) is 120 cm³/mol. The largest absolute Gasteiger partial charge is 0.493 e. The van der Waals surface area contributed by atoms with Crippen LogP contribution in [0.3, 0.4) is 0 Å². The molecule has 0 aromatic heterocycles. The Kier molecular flexibility index (Phi) is 5.71. The first-order valence-electron chi connectivity index (χ1n) is 9.97. The number of amides is 1. The van der Waals surface area contributed by atoms with E-state index in [0.717, 1.165) is 53.5 Å². The van der Waals surface area contributed by atoms with Crippen LogP contribution in [0, 0.1) is 0 Å². The summed E-state index contributed by atoms with van der Waals surface area (Å²) in [5.41, 5.74) is 1.00. The Balaban J connectivity index is 1.74. The second kappa shape index (κ2) is 8.25. The molecular formula is C24H23Cl2NO2. The quantitative estimate of drug-likeness (QED) is 0.475. The van der Waals surface area contributed by atoms with Gasteiger partial charge in [-0.2, -0.15) is 0 Å².